The summed E-state index contributed by atoms with van der Waals surface area (Å²) < 4.78 is 18.4. The molecular weight excluding hydrogens is 826 g/mol. The molecule has 0 aliphatic carbocycles. The standard InChI is InChI=1S/C16H15BrN2O.C9H13BO3.C7H4BrIN2.2CH4/c1-11(2)20-14-6-3-12(4-7-14)15-9-18-16-8-5-13(17)10-19(15)16;1-7(2)13-9-5-3-8(4-6-9)10(11)12;8-5-1-2-7-10-3-6(9)11(7)4-5;;/h3-11H,1-2H3;3-7,11-12H,1-2H3;1-4H;2*1H4. The van der Waals surface area contributed by atoms with Crippen LogP contribution in [0.3, 0.4) is 0 Å². The second-order valence-electron chi connectivity index (χ2n) is 10.2. The van der Waals surface area contributed by atoms with Crippen molar-refractivity contribution >= 4 is 78.3 Å². The number of hydrogen-bond acceptors (Lipinski definition) is 6. The topological polar surface area (TPSA) is 93.5 Å². The minimum atomic E-state index is -1.41. The lowest BCUT2D eigenvalue weighted by Gasteiger charge is -2.10. The Morgan fingerprint density at radius 3 is 1.63 bits per heavy atom. The van der Waals surface area contributed by atoms with E-state index in [2.05, 4.69) is 81.0 Å². The summed E-state index contributed by atoms with van der Waals surface area (Å²) in [5.74, 6) is 1.62. The van der Waals surface area contributed by atoms with Crippen LogP contribution in [-0.2, 0) is 0 Å². The first-order chi connectivity index (χ1) is 21.0. The summed E-state index contributed by atoms with van der Waals surface area (Å²) in [4.78, 5) is 8.61. The Labute approximate surface area is 302 Å². The molecule has 0 bridgehead atoms. The zero-order chi connectivity index (χ0) is 31.8. The van der Waals surface area contributed by atoms with Gasteiger partial charge in [-0.05, 0) is 148 Å². The minimum Gasteiger partial charge on any atom is -0.491 e. The van der Waals surface area contributed by atoms with Gasteiger partial charge in [0.2, 0.25) is 0 Å². The Balaban J connectivity index is 0.000000248. The summed E-state index contributed by atoms with van der Waals surface area (Å²) in [5, 5.41) is 17.6. The monoisotopic (exact) mass is 864 g/mol. The van der Waals surface area contributed by atoms with Gasteiger partial charge in [-0.25, -0.2) is 9.97 Å². The number of rotatable bonds is 6. The van der Waals surface area contributed by atoms with Gasteiger partial charge in [-0.3, -0.25) is 8.80 Å². The molecule has 4 aromatic heterocycles. The van der Waals surface area contributed by atoms with Crippen LogP contribution in [-0.4, -0.2) is 48.1 Å². The molecule has 0 aliphatic rings. The van der Waals surface area contributed by atoms with E-state index >= 15 is 0 Å². The number of imidazole rings is 2. The summed E-state index contributed by atoms with van der Waals surface area (Å²) in [7, 11) is -1.41. The van der Waals surface area contributed by atoms with Gasteiger partial charge < -0.3 is 19.5 Å². The van der Waals surface area contributed by atoms with Crippen LogP contribution in [0.15, 0.2) is 107 Å². The molecule has 2 N–H and O–H groups in total. The average molecular weight is 866 g/mol. The molecule has 0 radical (unpaired) electrons. The van der Waals surface area contributed by atoms with E-state index in [1.807, 2.05) is 93.3 Å². The minimum absolute atomic E-state index is 0. The Bertz CT molecular complexity index is 1790. The molecule has 0 fully saturated rings. The first kappa shape index (κ1) is 39.3. The highest BCUT2D eigenvalue weighted by Gasteiger charge is 2.10. The van der Waals surface area contributed by atoms with Crippen molar-refractivity contribution in [2.24, 2.45) is 0 Å². The Kier molecular flexibility index (Phi) is 15.7. The number of pyridine rings is 2. The Morgan fingerprint density at radius 1 is 0.674 bits per heavy atom. The second kappa shape index (κ2) is 18.4. The molecule has 0 saturated heterocycles. The van der Waals surface area contributed by atoms with E-state index in [0.717, 1.165) is 46.7 Å². The van der Waals surface area contributed by atoms with Gasteiger partial charge in [-0.15, -0.1) is 0 Å². The quantitative estimate of drug-likeness (QED) is 0.129. The van der Waals surface area contributed by atoms with Crippen molar-refractivity contribution in [1.29, 1.82) is 0 Å². The van der Waals surface area contributed by atoms with Crippen LogP contribution in [0.1, 0.15) is 42.5 Å². The molecule has 0 unspecified atom stereocenters. The molecule has 6 rings (SSSR count). The van der Waals surface area contributed by atoms with Crippen molar-refractivity contribution in [3.05, 3.63) is 110 Å². The largest absolute Gasteiger partial charge is 0.491 e. The van der Waals surface area contributed by atoms with Crippen molar-refractivity contribution in [2.45, 2.75) is 54.8 Å². The Hall–Kier alpha value is -2.91. The lowest BCUT2D eigenvalue weighted by molar-refractivity contribution is 0.242. The third-order valence-electron chi connectivity index (χ3n) is 5.97. The molecule has 0 aliphatic heterocycles. The van der Waals surface area contributed by atoms with Gasteiger partial charge in [0.05, 0.1) is 30.3 Å². The fraction of sp³-hybridized carbons (Fsp3) is 0.235. The third-order valence-corrected chi connectivity index (χ3v) is 7.70. The number of halogens is 3. The molecule has 12 heteroatoms. The van der Waals surface area contributed by atoms with E-state index in [-0.39, 0.29) is 27.1 Å². The van der Waals surface area contributed by atoms with Gasteiger partial charge in [0.1, 0.15) is 26.5 Å². The van der Waals surface area contributed by atoms with Crippen LogP contribution in [0.5, 0.6) is 11.5 Å². The number of hydrogen-bond donors (Lipinski definition) is 2. The fourth-order valence-corrected chi connectivity index (χ4v) is 5.26. The third kappa shape index (κ3) is 11.1. The van der Waals surface area contributed by atoms with E-state index < -0.39 is 7.12 Å². The fourth-order valence-electron chi connectivity index (χ4n) is 4.06. The zero-order valence-electron chi connectivity index (χ0n) is 24.6. The Morgan fingerprint density at radius 2 is 1.13 bits per heavy atom. The molecule has 4 heterocycles. The molecule has 0 spiro atoms. The molecule has 244 valence electrons. The molecule has 6 aromatic rings. The van der Waals surface area contributed by atoms with Crippen LogP contribution < -0.4 is 14.9 Å². The summed E-state index contributed by atoms with van der Waals surface area (Å²) in [6.45, 7) is 7.93. The predicted molar refractivity (Wildman–Crippen MR) is 205 cm³/mol. The maximum atomic E-state index is 8.81. The number of nitrogens with zero attached hydrogens (tertiary/aromatic N) is 4. The molecule has 0 saturated carbocycles. The lowest BCUT2D eigenvalue weighted by Crippen LogP contribution is -2.29. The molecule has 2 aromatic carbocycles. The van der Waals surface area contributed by atoms with Crippen LogP contribution in [0.4, 0.5) is 0 Å². The van der Waals surface area contributed by atoms with Crippen molar-refractivity contribution in [3.8, 4) is 22.8 Å². The van der Waals surface area contributed by atoms with Crippen molar-refractivity contribution in [1.82, 2.24) is 18.8 Å². The zero-order valence-corrected chi connectivity index (χ0v) is 29.9. The van der Waals surface area contributed by atoms with E-state index in [0.29, 0.717) is 5.46 Å². The van der Waals surface area contributed by atoms with Crippen LogP contribution >= 0.6 is 54.5 Å². The van der Waals surface area contributed by atoms with Gasteiger partial charge in [-0.2, -0.15) is 0 Å². The smallest absolute Gasteiger partial charge is 0.488 e. The van der Waals surface area contributed by atoms with Crippen molar-refractivity contribution < 1.29 is 19.5 Å². The summed E-state index contributed by atoms with van der Waals surface area (Å²) in [6, 6.07) is 22.7. The molecular formula is C34H40BBr2IN4O4. The van der Waals surface area contributed by atoms with E-state index in [9.17, 15) is 0 Å². The van der Waals surface area contributed by atoms with E-state index in [1.165, 1.54) is 0 Å². The van der Waals surface area contributed by atoms with E-state index in [1.54, 1.807) is 24.3 Å². The average Bonchev–Trinajstić information content (AvgIpc) is 3.56. The molecule has 0 atom stereocenters. The molecule has 0 amide bonds. The van der Waals surface area contributed by atoms with Gasteiger partial charge >= 0.3 is 7.12 Å². The number of benzene rings is 2. The maximum absolute atomic E-state index is 8.81. The van der Waals surface area contributed by atoms with Gasteiger partial charge in [0, 0.05) is 26.9 Å². The highest BCUT2D eigenvalue weighted by Crippen LogP contribution is 2.25. The van der Waals surface area contributed by atoms with Crippen LogP contribution in [0.2, 0.25) is 0 Å². The summed E-state index contributed by atoms with van der Waals surface area (Å²) in [5.41, 5.74) is 4.57. The van der Waals surface area contributed by atoms with Gasteiger partial charge in [-0.1, -0.05) is 27.0 Å². The van der Waals surface area contributed by atoms with Crippen molar-refractivity contribution in [3.63, 3.8) is 0 Å². The number of aromatic nitrogens is 4. The second-order valence-corrected chi connectivity index (χ2v) is 13.1. The van der Waals surface area contributed by atoms with Crippen molar-refractivity contribution in [2.75, 3.05) is 0 Å². The van der Waals surface area contributed by atoms with Crippen LogP contribution in [0, 0.1) is 3.70 Å². The predicted octanol–water partition coefficient (Wildman–Crippen LogP) is 8.68. The summed E-state index contributed by atoms with van der Waals surface area (Å²) >= 11 is 9.14. The normalized spacial score (nSPS) is 10.3. The maximum Gasteiger partial charge on any atom is 0.488 e. The number of ether oxygens (including phenoxy) is 2. The number of fused-ring (bicyclic) bond motifs is 2. The van der Waals surface area contributed by atoms with Gasteiger partial charge in [0.25, 0.3) is 0 Å². The van der Waals surface area contributed by atoms with E-state index in [4.69, 9.17) is 19.5 Å². The first-order valence-corrected chi connectivity index (χ1v) is 16.5. The molecule has 46 heavy (non-hydrogen) atoms. The lowest BCUT2D eigenvalue weighted by atomic mass is 9.80. The highest BCUT2D eigenvalue weighted by molar-refractivity contribution is 14.1. The van der Waals surface area contributed by atoms with Gasteiger partial charge in [0.15, 0.2) is 0 Å². The molecule has 8 nitrogen and oxygen atoms in total. The SMILES string of the molecule is Brc1ccc2ncc(I)n2c1.C.C.CC(C)Oc1ccc(-c2cnc3ccc(Br)cn23)cc1.CC(C)Oc1ccc(B(O)O)cc1. The summed E-state index contributed by atoms with van der Waals surface area (Å²) in [6.07, 6.45) is 8.08. The van der Waals surface area contributed by atoms with Crippen LogP contribution in [0.25, 0.3) is 22.6 Å². The highest BCUT2D eigenvalue weighted by atomic mass is 127. The first-order valence-electron chi connectivity index (χ1n) is 13.8.